The molecule has 1 N–H and O–H groups in total. The topological polar surface area (TPSA) is 77.2 Å². The summed E-state index contributed by atoms with van der Waals surface area (Å²) in [5.41, 5.74) is 1.94. The van der Waals surface area contributed by atoms with Gasteiger partial charge < -0.3 is 9.84 Å². The molecule has 0 radical (unpaired) electrons. The van der Waals surface area contributed by atoms with Gasteiger partial charge in [-0.25, -0.2) is 4.79 Å². The number of hydrogen-bond donors (Lipinski definition) is 1. The monoisotopic (exact) mass is 247 g/mol. The molecule has 0 spiro atoms. The lowest BCUT2D eigenvalue weighted by Crippen LogP contribution is -2.04. The van der Waals surface area contributed by atoms with Crippen molar-refractivity contribution < 1.29 is 14.6 Å². The van der Waals surface area contributed by atoms with E-state index in [2.05, 4.69) is 10.2 Å². The van der Waals surface area contributed by atoms with Crippen LogP contribution in [0.15, 0.2) is 18.2 Å². The molecule has 2 aromatic rings. The number of aromatic nitrogens is 3. The third-order valence-electron chi connectivity index (χ3n) is 2.53. The minimum absolute atomic E-state index is 0.0569. The van der Waals surface area contributed by atoms with Gasteiger partial charge in [-0.3, -0.25) is 0 Å². The Hall–Kier alpha value is -2.37. The summed E-state index contributed by atoms with van der Waals surface area (Å²) in [5.74, 6) is -0.502. The molecule has 0 saturated carbocycles. The van der Waals surface area contributed by atoms with Crippen molar-refractivity contribution in [2.24, 2.45) is 0 Å². The fraction of sp³-hybridized carbons (Fsp3) is 0.250. The molecule has 0 saturated heterocycles. The van der Waals surface area contributed by atoms with Gasteiger partial charge in [0.2, 0.25) is 0 Å². The Morgan fingerprint density at radius 1 is 1.33 bits per heavy atom. The lowest BCUT2D eigenvalue weighted by atomic mass is 10.2. The van der Waals surface area contributed by atoms with Gasteiger partial charge in [-0.1, -0.05) is 6.07 Å². The Labute approximate surface area is 104 Å². The van der Waals surface area contributed by atoms with Gasteiger partial charge in [0.1, 0.15) is 11.4 Å². The summed E-state index contributed by atoms with van der Waals surface area (Å²) in [6, 6.07) is 5.53. The summed E-state index contributed by atoms with van der Waals surface area (Å²) in [7, 11) is 1.54. The number of hydrogen-bond acceptors (Lipinski definition) is 4. The number of benzene rings is 1. The number of nitrogens with zero attached hydrogens (tertiary/aromatic N) is 3. The number of carbonyl (C=O) groups is 1. The number of carboxylic acid groups (broad SMARTS) is 1. The van der Waals surface area contributed by atoms with E-state index in [0.29, 0.717) is 17.1 Å². The van der Waals surface area contributed by atoms with Gasteiger partial charge in [-0.2, -0.15) is 5.10 Å². The maximum Gasteiger partial charge on any atom is 0.358 e. The molecule has 0 fully saturated rings. The highest BCUT2D eigenvalue weighted by Crippen LogP contribution is 2.23. The SMILES string of the molecule is COc1ccc(C)cc1-n1nc(C)c(C(=O)O)n1. The zero-order valence-corrected chi connectivity index (χ0v) is 10.3. The molecule has 0 aliphatic carbocycles. The maximum atomic E-state index is 10.9. The van der Waals surface area contributed by atoms with Crippen LogP contribution in [0.2, 0.25) is 0 Å². The van der Waals surface area contributed by atoms with Gasteiger partial charge in [-0.15, -0.1) is 9.90 Å². The van der Waals surface area contributed by atoms with E-state index in [1.54, 1.807) is 20.1 Å². The second kappa shape index (κ2) is 4.48. The molecule has 1 aromatic heterocycles. The van der Waals surface area contributed by atoms with Crippen molar-refractivity contribution in [3.05, 3.63) is 35.2 Å². The Kier molecular flexibility index (Phi) is 3.01. The predicted molar refractivity (Wildman–Crippen MR) is 64.3 cm³/mol. The van der Waals surface area contributed by atoms with Crippen LogP contribution in [0.5, 0.6) is 5.75 Å². The molecule has 6 nitrogen and oxygen atoms in total. The predicted octanol–water partition coefficient (Wildman–Crippen LogP) is 1.59. The first-order chi connectivity index (χ1) is 8.52. The summed E-state index contributed by atoms with van der Waals surface area (Å²) in [5, 5.41) is 17.0. The molecule has 0 atom stereocenters. The zero-order chi connectivity index (χ0) is 13.3. The van der Waals surface area contributed by atoms with Crippen molar-refractivity contribution >= 4 is 5.97 Å². The molecule has 0 unspecified atom stereocenters. The van der Waals surface area contributed by atoms with Gasteiger partial charge in [0.15, 0.2) is 5.69 Å². The van der Waals surface area contributed by atoms with Gasteiger partial charge in [-0.05, 0) is 31.5 Å². The average molecular weight is 247 g/mol. The third-order valence-corrected chi connectivity index (χ3v) is 2.53. The molecule has 18 heavy (non-hydrogen) atoms. The van der Waals surface area contributed by atoms with E-state index in [1.807, 2.05) is 19.1 Å². The van der Waals surface area contributed by atoms with Crippen LogP contribution < -0.4 is 4.74 Å². The van der Waals surface area contributed by atoms with Crippen molar-refractivity contribution in [2.75, 3.05) is 7.11 Å². The molecule has 1 aromatic carbocycles. The Bertz CT molecular complexity index is 605. The lowest BCUT2D eigenvalue weighted by molar-refractivity contribution is 0.0689. The second-order valence-electron chi connectivity index (χ2n) is 3.90. The van der Waals surface area contributed by atoms with E-state index in [1.165, 1.54) is 4.80 Å². The Balaban J connectivity index is 2.58. The van der Waals surface area contributed by atoms with Crippen LogP contribution in [0, 0.1) is 13.8 Å². The summed E-state index contributed by atoms with van der Waals surface area (Å²) >= 11 is 0. The van der Waals surface area contributed by atoms with Crippen molar-refractivity contribution in [3.63, 3.8) is 0 Å². The molecule has 2 rings (SSSR count). The Morgan fingerprint density at radius 2 is 2.06 bits per heavy atom. The van der Waals surface area contributed by atoms with Crippen molar-refractivity contribution in [3.8, 4) is 11.4 Å². The summed E-state index contributed by atoms with van der Waals surface area (Å²) in [6.07, 6.45) is 0. The maximum absolute atomic E-state index is 10.9. The number of methoxy groups -OCH3 is 1. The van der Waals surface area contributed by atoms with Crippen LogP contribution in [-0.2, 0) is 0 Å². The summed E-state index contributed by atoms with van der Waals surface area (Å²) < 4.78 is 5.22. The van der Waals surface area contributed by atoms with Crippen LogP contribution in [0.25, 0.3) is 5.69 Å². The van der Waals surface area contributed by atoms with Crippen LogP contribution in [0.4, 0.5) is 0 Å². The van der Waals surface area contributed by atoms with Crippen LogP contribution >= 0.6 is 0 Å². The quantitative estimate of drug-likeness (QED) is 0.891. The molecule has 94 valence electrons. The number of rotatable bonds is 3. The van der Waals surface area contributed by atoms with Crippen LogP contribution in [0.3, 0.4) is 0 Å². The van der Waals surface area contributed by atoms with E-state index < -0.39 is 5.97 Å². The largest absolute Gasteiger partial charge is 0.494 e. The molecule has 0 aliphatic heterocycles. The normalized spacial score (nSPS) is 10.4. The van der Waals surface area contributed by atoms with E-state index in [4.69, 9.17) is 9.84 Å². The fourth-order valence-electron chi connectivity index (χ4n) is 1.64. The van der Waals surface area contributed by atoms with E-state index >= 15 is 0 Å². The number of aromatic carboxylic acids is 1. The van der Waals surface area contributed by atoms with Gasteiger partial charge >= 0.3 is 5.97 Å². The first-order valence-electron chi connectivity index (χ1n) is 5.35. The zero-order valence-electron chi connectivity index (χ0n) is 10.3. The Morgan fingerprint density at radius 3 is 2.61 bits per heavy atom. The highest BCUT2D eigenvalue weighted by molar-refractivity contribution is 5.86. The van der Waals surface area contributed by atoms with Gasteiger partial charge in [0.25, 0.3) is 0 Å². The first-order valence-corrected chi connectivity index (χ1v) is 5.35. The van der Waals surface area contributed by atoms with E-state index in [0.717, 1.165) is 5.56 Å². The smallest absolute Gasteiger partial charge is 0.358 e. The number of ether oxygens (including phenoxy) is 1. The average Bonchev–Trinajstić information content (AvgIpc) is 2.71. The minimum Gasteiger partial charge on any atom is -0.494 e. The fourth-order valence-corrected chi connectivity index (χ4v) is 1.64. The molecule has 0 amide bonds. The van der Waals surface area contributed by atoms with Crippen LogP contribution in [0.1, 0.15) is 21.7 Å². The molecule has 0 bridgehead atoms. The standard InChI is InChI=1S/C12H13N3O3/c1-7-4-5-10(18-3)9(6-7)15-13-8(2)11(14-15)12(16)17/h4-6H,1-3H3,(H,16,17). The van der Waals surface area contributed by atoms with Gasteiger partial charge in [0, 0.05) is 0 Å². The second-order valence-corrected chi connectivity index (χ2v) is 3.90. The highest BCUT2D eigenvalue weighted by Gasteiger charge is 2.16. The first kappa shape index (κ1) is 12.1. The number of carboxylic acids is 1. The van der Waals surface area contributed by atoms with E-state index in [9.17, 15) is 4.79 Å². The van der Waals surface area contributed by atoms with Crippen molar-refractivity contribution in [2.45, 2.75) is 13.8 Å². The van der Waals surface area contributed by atoms with Crippen molar-refractivity contribution in [1.29, 1.82) is 0 Å². The summed E-state index contributed by atoms with van der Waals surface area (Å²) in [6.45, 7) is 3.53. The molecular formula is C12H13N3O3. The third kappa shape index (κ3) is 2.04. The van der Waals surface area contributed by atoms with E-state index in [-0.39, 0.29) is 5.69 Å². The minimum atomic E-state index is -1.09. The highest BCUT2D eigenvalue weighted by atomic mass is 16.5. The molecule has 0 aliphatic rings. The lowest BCUT2D eigenvalue weighted by Gasteiger charge is -2.07. The molecular weight excluding hydrogens is 234 g/mol. The van der Waals surface area contributed by atoms with Crippen LogP contribution in [-0.4, -0.2) is 33.2 Å². The van der Waals surface area contributed by atoms with Gasteiger partial charge in [0.05, 0.1) is 12.8 Å². The molecule has 6 heteroatoms. The molecule has 1 heterocycles. The van der Waals surface area contributed by atoms with Crippen molar-refractivity contribution in [1.82, 2.24) is 15.0 Å². The number of aryl methyl sites for hydroxylation is 2. The summed E-state index contributed by atoms with van der Waals surface area (Å²) in [4.78, 5) is 12.2.